The molecule has 3 atom stereocenters. The summed E-state index contributed by atoms with van der Waals surface area (Å²) in [6.07, 6.45) is 10.1. The van der Waals surface area contributed by atoms with Crippen LogP contribution in [0.5, 0.6) is 5.75 Å². The monoisotopic (exact) mass is 487 g/mol. The molecule has 0 bridgehead atoms. The highest BCUT2D eigenvalue weighted by Gasteiger charge is 2.34. The van der Waals surface area contributed by atoms with Crippen LogP contribution in [0, 0.1) is 11.2 Å². The minimum Gasteiger partial charge on any atom is -0.491 e. The van der Waals surface area contributed by atoms with E-state index in [0.717, 1.165) is 6.42 Å². The summed E-state index contributed by atoms with van der Waals surface area (Å²) in [6, 6.07) is 3.80. The van der Waals surface area contributed by atoms with E-state index in [4.69, 9.17) is 9.47 Å². The molecule has 1 fully saturated rings. The van der Waals surface area contributed by atoms with Crippen molar-refractivity contribution in [3.05, 3.63) is 53.9 Å². The summed E-state index contributed by atoms with van der Waals surface area (Å²) in [5, 5.41) is 6.26. The molecule has 1 unspecified atom stereocenters. The highest BCUT2D eigenvalue weighted by Crippen LogP contribution is 2.29. The third-order valence-corrected chi connectivity index (χ3v) is 6.31. The average molecular weight is 488 g/mol. The van der Waals surface area contributed by atoms with Crippen LogP contribution in [0.1, 0.15) is 39.2 Å². The van der Waals surface area contributed by atoms with E-state index in [1.54, 1.807) is 6.07 Å². The van der Waals surface area contributed by atoms with Gasteiger partial charge >= 0.3 is 0 Å². The molecule has 2 amide bonds. The maximum absolute atomic E-state index is 14.3. The first-order chi connectivity index (χ1) is 16.8. The Labute approximate surface area is 207 Å². The molecule has 7 nitrogen and oxygen atoms in total. The van der Waals surface area contributed by atoms with E-state index in [1.807, 2.05) is 24.0 Å². The van der Waals surface area contributed by atoms with Crippen LogP contribution >= 0.6 is 0 Å². The number of hydrogen-bond acceptors (Lipinski definition) is 5. The second-order valence-electron chi connectivity index (χ2n) is 9.59. The first-order valence-electron chi connectivity index (χ1n) is 12.4. The third-order valence-electron chi connectivity index (χ3n) is 6.31. The van der Waals surface area contributed by atoms with Crippen LogP contribution in [0.4, 0.5) is 4.39 Å². The fraction of sp³-hybridized carbons (Fsp3) is 0.556. The lowest BCUT2D eigenvalue weighted by atomic mass is 9.83. The Morgan fingerprint density at radius 3 is 2.86 bits per heavy atom. The maximum Gasteiger partial charge on any atom is 0.239 e. The van der Waals surface area contributed by atoms with Gasteiger partial charge in [-0.05, 0) is 43.9 Å². The van der Waals surface area contributed by atoms with Crippen molar-refractivity contribution in [2.45, 2.75) is 52.1 Å². The number of hydrogen-bond donors (Lipinski definition) is 2. The van der Waals surface area contributed by atoms with Gasteiger partial charge in [-0.25, -0.2) is 4.39 Å². The molecule has 35 heavy (non-hydrogen) atoms. The molecule has 1 aromatic carbocycles. The normalized spacial score (nSPS) is 22.8. The molecular weight excluding hydrogens is 449 g/mol. The second kappa shape index (κ2) is 12.8. The highest BCUT2D eigenvalue weighted by atomic mass is 19.1. The summed E-state index contributed by atoms with van der Waals surface area (Å²) in [5.74, 6) is -0.139. The van der Waals surface area contributed by atoms with Gasteiger partial charge in [0.2, 0.25) is 11.8 Å². The summed E-state index contributed by atoms with van der Waals surface area (Å²) in [4.78, 5) is 27.2. The van der Waals surface area contributed by atoms with Gasteiger partial charge in [0.1, 0.15) is 18.2 Å². The predicted octanol–water partition coefficient (Wildman–Crippen LogP) is 3.00. The number of ether oxygens (including phenoxy) is 2. The van der Waals surface area contributed by atoms with Crippen LogP contribution in [0.15, 0.2) is 42.5 Å². The van der Waals surface area contributed by atoms with Gasteiger partial charge in [0.25, 0.3) is 0 Å². The number of benzene rings is 1. The average Bonchev–Trinajstić information content (AvgIpc) is 2.79. The van der Waals surface area contributed by atoms with Crippen molar-refractivity contribution in [3.8, 4) is 5.75 Å². The number of allylic oxidation sites excluding steroid dienone is 3. The Kier molecular flexibility index (Phi) is 9.86. The van der Waals surface area contributed by atoms with Crippen molar-refractivity contribution < 1.29 is 23.5 Å². The molecule has 2 N–H and O–H groups in total. The van der Waals surface area contributed by atoms with Crippen molar-refractivity contribution in [2.75, 3.05) is 39.5 Å². The molecule has 192 valence electrons. The van der Waals surface area contributed by atoms with E-state index in [1.165, 1.54) is 19.1 Å². The minimum absolute atomic E-state index is 0.0370. The Morgan fingerprint density at radius 1 is 1.31 bits per heavy atom. The van der Waals surface area contributed by atoms with E-state index in [-0.39, 0.29) is 23.3 Å². The SMILES string of the molecule is CCOCCOc1cc(F)cc(C[C@@H](C[C@@H]2NCCN(CC3(C)C=CC=CC3)C2=O)NC(C)=O)c1. The molecule has 1 aliphatic heterocycles. The smallest absolute Gasteiger partial charge is 0.239 e. The van der Waals surface area contributed by atoms with Crippen LogP contribution in [0.25, 0.3) is 0 Å². The largest absolute Gasteiger partial charge is 0.491 e. The van der Waals surface area contributed by atoms with Crippen LogP contribution < -0.4 is 15.4 Å². The number of carbonyl (C=O) groups is 2. The highest BCUT2D eigenvalue weighted by molar-refractivity contribution is 5.83. The van der Waals surface area contributed by atoms with Crippen LogP contribution in [-0.2, 0) is 20.7 Å². The van der Waals surface area contributed by atoms with Gasteiger partial charge in [-0.2, -0.15) is 0 Å². The van der Waals surface area contributed by atoms with Gasteiger partial charge in [-0.15, -0.1) is 0 Å². The van der Waals surface area contributed by atoms with E-state index >= 15 is 0 Å². The van der Waals surface area contributed by atoms with Gasteiger partial charge in [-0.3, -0.25) is 9.59 Å². The molecule has 1 aromatic rings. The van der Waals surface area contributed by atoms with Crippen molar-refractivity contribution in [2.24, 2.45) is 5.41 Å². The molecule has 2 aliphatic rings. The quantitative estimate of drug-likeness (QED) is 0.443. The number of carbonyl (C=O) groups excluding carboxylic acids is 2. The van der Waals surface area contributed by atoms with Crippen molar-refractivity contribution in [1.82, 2.24) is 15.5 Å². The summed E-state index contributed by atoms with van der Waals surface area (Å²) >= 11 is 0. The standard InChI is InChI=1S/C27H38FN3O4/c1-4-34-12-13-35-24-16-21(14-22(28)17-24)15-23(30-20(2)32)18-25-26(33)31(11-10-29-25)19-27(3)8-6-5-7-9-27/h5-8,14,16-17,23,25,29H,4,9-13,15,18-19H2,1-3H3,(H,30,32)/t23-,25-,27?/m0/s1. The Hall–Kier alpha value is -2.71. The zero-order valence-electron chi connectivity index (χ0n) is 21.0. The molecule has 0 spiro atoms. The van der Waals surface area contributed by atoms with Crippen molar-refractivity contribution in [1.29, 1.82) is 0 Å². The van der Waals surface area contributed by atoms with Crippen molar-refractivity contribution in [3.63, 3.8) is 0 Å². The minimum atomic E-state index is -0.414. The Balaban J connectivity index is 1.65. The fourth-order valence-corrected chi connectivity index (χ4v) is 4.69. The molecule has 1 heterocycles. The molecule has 0 aromatic heterocycles. The molecule has 8 heteroatoms. The fourth-order valence-electron chi connectivity index (χ4n) is 4.69. The number of nitrogens with zero attached hydrogens (tertiary/aromatic N) is 1. The summed E-state index contributed by atoms with van der Waals surface area (Å²) < 4.78 is 25.1. The number of amides is 2. The van der Waals surface area contributed by atoms with Crippen LogP contribution in [0.2, 0.25) is 0 Å². The van der Waals surface area contributed by atoms with Crippen LogP contribution in [-0.4, -0.2) is 68.3 Å². The second-order valence-corrected chi connectivity index (χ2v) is 9.59. The molecule has 0 saturated carbocycles. The van der Waals surface area contributed by atoms with E-state index < -0.39 is 11.9 Å². The van der Waals surface area contributed by atoms with E-state index in [2.05, 4.69) is 29.7 Å². The first kappa shape index (κ1) is 26.9. The lowest BCUT2D eigenvalue weighted by Gasteiger charge is -2.39. The maximum atomic E-state index is 14.3. The van der Waals surface area contributed by atoms with Crippen LogP contribution in [0.3, 0.4) is 0 Å². The topological polar surface area (TPSA) is 79.9 Å². The third kappa shape index (κ3) is 8.47. The summed E-state index contributed by atoms with van der Waals surface area (Å²) in [5.41, 5.74) is 0.616. The number of piperazine rings is 1. The molecule has 1 aliphatic carbocycles. The molecule has 1 saturated heterocycles. The first-order valence-corrected chi connectivity index (χ1v) is 12.4. The molecular formula is C27H38FN3O4. The zero-order chi connectivity index (χ0) is 25.3. The van der Waals surface area contributed by atoms with Gasteiger partial charge in [0.05, 0.1) is 12.6 Å². The number of nitrogens with one attached hydrogen (secondary N) is 2. The van der Waals surface area contributed by atoms with E-state index in [0.29, 0.717) is 63.6 Å². The summed E-state index contributed by atoms with van der Waals surface area (Å²) in [6.45, 7) is 8.85. The van der Waals surface area contributed by atoms with Gasteiger partial charge in [0, 0.05) is 50.7 Å². The molecule has 3 rings (SSSR count). The van der Waals surface area contributed by atoms with Crippen molar-refractivity contribution >= 4 is 11.8 Å². The predicted molar refractivity (Wildman–Crippen MR) is 134 cm³/mol. The van der Waals surface area contributed by atoms with Gasteiger partial charge < -0.3 is 25.0 Å². The van der Waals surface area contributed by atoms with Gasteiger partial charge in [-0.1, -0.05) is 31.2 Å². The Morgan fingerprint density at radius 2 is 2.14 bits per heavy atom. The molecule has 0 radical (unpaired) electrons. The van der Waals surface area contributed by atoms with Gasteiger partial charge in [0.15, 0.2) is 0 Å². The lowest BCUT2D eigenvalue weighted by Crippen LogP contribution is -2.58. The Bertz CT molecular complexity index is 935. The number of halogens is 1. The number of rotatable bonds is 12. The van der Waals surface area contributed by atoms with E-state index in [9.17, 15) is 14.0 Å². The lowest BCUT2D eigenvalue weighted by molar-refractivity contribution is -0.137. The zero-order valence-corrected chi connectivity index (χ0v) is 21.0. The summed E-state index contributed by atoms with van der Waals surface area (Å²) in [7, 11) is 0.